The summed E-state index contributed by atoms with van der Waals surface area (Å²) < 4.78 is 5.74. The number of nitrogens with zero attached hydrogens (tertiary/aromatic N) is 1. The van der Waals surface area contributed by atoms with E-state index in [2.05, 4.69) is 11.4 Å². The van der Waals surface area contributed by atoms with Crippen molar-refractivity contribution >= 4 is 17.3 Å². The maximum atomic E-state index is 9.88. The number of para-hydroxylation sites is 1. The molecule has 0 saturated heterocycles. The Bertz CT molecular complexity index is 693. The molecule has 0 amide bonds. The van der Waals surface area contributed by atoms with Crippen LogP contribution in [0.15, 0.2) is 48.5 Å². The topological polar surface area (TPSA) is 45.0 Å². The summed E-state index contributed by atoms with van der Waals surface area (Å²) in [5.41, 5.74) is 0.938. The zero-order valence-electron chi connectivity index (χ0n) is 11.6. The summed E-state index contributed by atoms with van der Waals surface area (Å²) in [5, 5.41) is 13.9. The summed E-state index contributed by atoms with van der Waals surface area (Å²) in [5.74, 6) is 0.784. The van der Waals surface area contributed by atoms with Crippen LogP contribution < -0.4 is 10.1 Å². The number of ether oxygens (including phenoxy) is 1. The molecule has 106 valence electrons. The molecular weight excluding hydrogens is 284 g/mol. The smallest absolute Gasteiger partial charge is 0.160 e. The first-order valence-corrected chi connectivity index (χ1v) is 7.21. The predicted octanol–water partition coefficient (Wildman–Crippen LogP) is 4.20. The molecule has 0 aliphatic carbocycles. The van der Waals surface area contributed by atoms with E-state index in [9.17, 15) is 5.26 Å². The fraction of sp³-hybridized carbons (Fsp3) is 0.235. The summed E-state index contributed by atoms with van der Waals surface area (Å²) in [6, 6.07) is 17.5. The van der Waals surface area contributed by atoms with E-state index in [1.54, 1.807) is 0 Å². The average molecular weight is 299 g/mol. The summed E-state index contributed by atoms with van der Waals surface area (Å²) in [6.07, 6.45) is 0. The van der Waals surface area contributed by atoms with Crippen molar-refractivity contribution in [3.63, 3.8) is 0 Å². The molecule has 0 fully saturated rings. The number of anilines is 1. The maximum Gasteiger partial charge on any atom is 0.160 e. The van der Waals surface area contributed by atoms with Gasteiger partial charge in [-0.2, -0.15) is 5.26 Å². The van der Waals surface area contributed by atoms with Crippen molar-refractivity contribution in [2.24, 2.45) is 5.92 Å². The van der Waals surface area contributed by atoms with E-state index in [1.165, 1.54) is 0 Å². The van der Waals surface area contributed by atoms with E-state index >= 15 is 0 Å². The minimum Gasteiger partial charge on any atom is -0.493 e. The third-order valence-electron chi connectivity index (χ3n) is 3.90. The highest BCUT2D eigenvalue weighted by Gasteiger charge is 2.44. The lowest BCUT2D eigenvalue weighted by Crippen LogP contribution is -2.46. The van der Waals surface area contributed by atoms with Gasteiger partial charge in [0.15, 0.2) is 5.54 Å². The number of hydrogen-bond donors (Lipinski definition) is 1. The van der Waals surface area contributed by atoms with Crippen LogP contribution in [0.2, 0.25) is 5.02 Å². The molecule has 2 unspecified atom stereocenters. The predicted molar refractivity (Wildman–Crippen MR) is 83.5 cm³/mol. The van der Waals surface area contributed by atoms with Crippen LogP contribution in [0, 0.1) is 17.2 Å². The van der Waals surface area contributed by atoms with Crippen LogP contribution in [0.25, 0.3) is 0 Å². The number of benzene rings is 2. The van der Waals surface area contributed by atoms with Crippen LogP contribution in [-0.2, 0) is 5.54 Å². The van der Waals surface area contributed by atoms with Crippen LogP contribution in [0.4, 0.5) is 5.69 Å². The van der Waals surface area contributed by atoms with Crippen molar-refractivity contribution in [1.29, 1.82) is 5.26 Å². The molecule has 3 nitrogen and oxygen atoms in total. The second-order valence-corrected chi connectivity index (χ2v) is 5.70. The summed E-state index contributed by atoms with van der Waals surface area (Å²) >= 11 is 5.92. The van der Waals surface area contributed by atoms with E-state index in [-0.39, 0.29) is 5.92 Å². The van der Waals surface area contributed by atoms with Crippen molar-refractivity contribution in [2.45, 2.75) is 12.5 Å². The van der Waals surface area contributed by atoms with E-state index in [1.807, 2.05) is 55.5 Å². The van der Waals surface area contributed by atoms with Crippen LogP contribution >= 0.6 is 11.6 Å². The lowest BCUT2D eigenvalue weighted by Gasteiger charge is -2.39. The second kappa shape index (κ2) is 5.31. The minimum absolute atomic E-state index is 0.0214. The SMILES string of the molecule is CC1COc2ccccc2C1(C#N)Nc1ccc(Cl)cc1. The molecule has 1 N–H and O–H groups in total. The van der Waals surface area contributed by atoms with Crippen LogP contribution in [0.1, 0.15) is 12.5 Å². The number of nitriles is 1. The van der Waals surface area contributed by atoms with Crippen molar-refractivity contribution in [3.8, 4) is 11.8 Å². The van der Waals surface area contributed by atoms with Gasteiger partial charge in [0.05, 0.1) is 12.7 Å². The molecule has 1 aliphatic heterocycles. The van der Waals surface area contributed by atoms with E-state index in [0.717, 1.165) is 17.0 Å². The molecular formula is C17H15ClN2O. The monoisotopic (exact) mass is 298 g/mol. The van der Waals surface area contributed by atoms with E-state index in [0.29, 0.717) is 11.6 Å². The molecule has 0 spiro atoms. The molecule has 21 heavy (non-hydrogen) atoms. The quantitative estimate of drug-likeness (QED) is 0.904. The molecule has 0 bridgehead atoms. The molecule has 1 heterocycles. The Hall–Kier alpha value is -2.18. The molecule has 3 rings (SSSR count). The standard InChI is InChI=1S/C17H15ClN2O/c1-12-10-21-16-5-3-2-4-15(16)17(12,11-19)20-14-8-6-13(18)7-9-14/h2-9,12,20H,10H2,1H3. The Balaban J connectivity index is 2.07. The van der Waals surface area contributed by atoms with Gasteiger partial charge in [-0.3, -0.25) is 0 Å². The number of hydrogen-bond acceptors (Lipinski definition) is 3. The Labute approximate surface area is 129 Å². The van der Waals surface area contributed by atoms with Crippen LogP contribution in [0.5, 0.6) is 5.75 Å². The van der Waals surface area contributed by atoms with E-state index in [4.69, 9.17) is 16.3 Å². The largest absolute Gasteiger partial charge is 0.493 e. The van der Waals surface area contributed by atoms with Gasteiger partial charge in [-0.25, -0.2) is 0 Å². The van der Waals surface area contributed by atoms with Crippen molar-refractivity contribution in [1.82, 2.24) is 0 Å². The highest BCUT2D eigenvalue weighted by atomic mass is 35.5. The second-order valence-electron chi connectivity index (χ2n) is 5.26. The zero-order valence-corrected chi connectivity index (χ0v) is 12.4. The van der Waals surface area contributed by atoms with Crippen molar-refractivity contribution in [3.05, 3.63) is 59.1 Å². The Kier molecular flexibility index (Phi) is 3.48. The molecule has 0 radical (unpaired) electrons. The lowest BCUT2D eigenvalue weighted by molar-refractivity contribution is 0.186. The molecule has 4 heteroatoms. The molecule has 0 aromatic heterocycles. The molecule has 0 saturated carbocycles. The van der Waals surface area contributed by atoms with Gasteiger partial charge in [-0.15, -0.1) is 0 Å². The molecule has 2 atom stereocenters. The normalized spacial score (nSPS) is 23.6. The van der Waals surface area contributed by atoms with Gasteiger partial charge in [0.2, 0.25) is 0 Å². The zero-order chi connectivity index (χ0) is 14.9. The highest BCUT2D eigenvalue weighted by molar-refractivity contribution is 6.30. The minimum atomic E-state index is -0.803. The van der Waals surface area contributed by atoms with Crippen LogP contribution in [0.3, 0.4) is 0 Å². The Morgan fingerprint density at radius 2 is 1.95 bits per heavy atom. The summed E-state index contributed by atoms with van der Waals surface area (Å²) in [4.78, 5) is 0. The fourth-order valence-electron chi connectivity index (χ4n) is 2.67. The van der Waals surface area contributed by atoms with Gasteiger partial charge in [0, 0.05) is 22.2 Å². The molecule has 1 aliphatic rings. The summed E-state index contributed by atoms with van der Waals surface area (Å²) in [7, 11) is 0. The fourth-order valence-corrected chi connectivity index (χ4v) is 2.80. The third-order valence-corrected chi connectivity index (χ3v) is 4.15. The summed E-state index contributed by atoms with van der Waals surface area (Å²) in [6.45, 7) is 2.52. The van der Waals surface area contributed by atoms with E-state index < -0.39 is 5.54 Å². The first kappa shape index (κ1) is 13.8. The van der Waals surface area contributed by atoms with Gasteiger partial charge in [0.25, 0.3) is 0 Å². The van der Waals surface area contributed by atoms with Gasteiger partial charge >= 0.3 is 0 Å². The Morgan fingerprint density at radius 3 is 2.67 bits per heavy atom. The number of halogens is 1. The van der Waals surface area contributed by atoms with Gasteiger partial charge in [0.1, 0.15) is 5.75 Å². The van der Waals surface area contributed by atoms with Crippen LogP contribution in [-0.4, -0.2) is 6.61 Å². The number of rotatable bonds is 2. The highest BCUT2D eigenvalue weighted by Crippen LogP contribution is 2.42. The maximum absolute atomic E-state index is 9.88. The first-order valence-electron chi connectivity index (χ1n) is 6.83. The number of nitrogens with one attached hydrogen (secondary N) is 1. The van der Waals surface area contributed by atoms with Gasteiger partial charge < -0.3 is 10.1 Å². The Morgan fingerprint density at radius 1 is 1.24 bits per heavy atom. The lowest BCUT2D eigenvalue weighted by atomic mass is 9.78. The van der Waals surface area contributed by atoms with Crippen molar-refractivity contribution < 1.29 is 4.74 Å². The first-order chi connectivity index (χ1) is 10.2. The molecule has 2 aromatic rings. The number of fused-ring (bicyclic) bond motifs is 1. The molecule has 2 aromatic carbocycles. The van der Waals surface area contributed by atoms with Gasteiger partial charge in [-0.1, -0.05) is 36.7 Å². The van der Waals surface area contributed by atoms with Crippen molar-refractivity contribution in [2.75, 3.05) is 11.9 Å². The third kappa shape index (κ3) is 2.32. The van der Waals surface area contributed by atoms with Gasteiger partial charge in [-0.05, 0) is 30.3 Å². The average Bonchev–Trinajstić information content (AvgIpc) is 2.52.